The van der Waals surface area contributed by atoms with E-state index in [9.17, 15) is 19.2 Å². The van der Waals surface area contributed by atoms with E-state index in [0.29, 0.717) is 39.3 Å². The number of nitrogens with two attached hydrogens (primary N) is 2. The molecule has 0 fully saturated rings. The van der Waals surface area contributed by atoms with Crippen LogP contribution >= 0.6 is 0 Å². The maximum absolute atomic E-state index is 12.4. The maximum atomic E-state index is 12.4. The van der Waals surface area contributed by atoms with Crippen molar-refractivity contribution in [2.45, 2.75) is 38.8 Å². The van der Waals surface area contributed by atoms with Crippen molar-refractivity contribution >= 4 is 23.8 Å². The van der Waals surface area contributed by atoms with Gasteiger partial charge in [-0.2, -0.15) is 0 Å². The molecular weight excluding hydrogens is 416 g/mol. The number of hydrogen-bond acceptors (Lipinski definition) is 8. The Morgan fingerprint density at radius 1 is 0.688 bits per heavy atom. The van der Waals surface area contributed by atoms with Crippen LogP contribution in [0.25, 0.3) is 0 Å². The molecule has 0 aromatic heterocycles. The number of carbonyl (C=O) groups is 4. The van der Waals surface area contributed by atoms with E-state index in [0.717, 1.165) is 11.1 Å². The first-order valence-electron chi connectivity index (χ1n) is 10.5. The van der Waals surface area contributed by atoms with Gasteiger partial charge in [0.15, 0.2) is 0 Å². The molecule has 32 heavy (non-hydrogen) atoms. The zero-order chi connectivity index (χ0) is 23.9. The summed E-state index contributed by atoms with van der Waals surface area (Å²) in [7, 11) is 2.57. The zero-order valence-electron chi connectivity index (χ0n) is 18.9. The van der Waals surface area contributed by atoms with Crippen LogP contribution in [0.15, 0.2) is 24.3 Å². The van der Waals surface area contributed by atoms with Crippen LogP contribution in [-0.4, -0.2) is 74.0 Å². The van der Waals surface area contributed by atoms with Crippen LogP contribution in [0, 0.1) is 0 Å². The number of benzene rings is 1. The lowest BCUT2D eigenvalue weighted by Gasteiger charge is -2.23. The Morgan fingerprint density at radius 3 is 1.31 bits per heavy atom. The van der Waals surface area contributed by atoms with Gasteiger partial charge in [0, 0.05) is 52.1 Å². The molecular formula is C22H34N4O6. The highest BCUT2D eigenvalue weighted by atomic mass is 16.5. The van der Waals surface area contributed by atoms with Crippen LogP contribution in [0.5, 0.6) is 0 Å². The summed E-state index contributed by atoms with van der Waals surface area (Å²) in [5.74, 6) is -1.21. The highest BCUT2D eigenvalue weighted by Gasteiger charge is 2.17. The molecule has 0 saturated heterocycles. The first kappa shape index (κ1) is 27.1. The average molecular weight is 451 g/mol. The first-order chi connectivity index (χ1) is 15.3. The molecule has 0 aliphatic carbocycles. The van der Waals surface area contributed by atoms with Gasteiger partial charge >= 0.3 is 11.9 Å². The molecule has 1 rings (SSSR count). The molecule has 0 spiro atoms. The lowest BCUT2D eigenvalue weighted by Crippen LogP contribution is -2.35. The molecule has 0 atom stereocenters. The Hall–Kier alpha value is -2.98. The van der Waals surface area contributed by atoms with E-state index < -0.39 is 11.9 Å². The van der Waals surface area contributed by atoms with E-state index in [1.165, 1.54) is 14.2 Å². The molecule has 1 aromatic rings. The summed E-state index contributed by atoms with van der Waals surface area (Å²) in [5, 5.41) is 0. The number of esters is 2. The predicted octanol–water partition coefficient (Wildman–Crippen LogP) is 0.168. The number of ether oxygens (including phenoxy) is 2. The van der Waals surface area contributed by atoms with Crippen molar-refractivity contribution in [1.29, 1.82) is 0 Å². The van der Waals surface area contributed by atoms with E-state index in [2.05, 4.69) is 9.47 Å². The standard InChI is InChI=1S/C22H34N4O6/c1-31-21(29)9-7-19(27)25(13-11-23)15-17-3-5-18(6-4-17)16-26(14-12-24)20(28)8-10-22(30)32-2/h3-6H,7-16,23-24H2,1-2H3. The Morgan fingerprint density at radius 2 is 1.03 bits per heavy atom. The van der Waals surface area contributed by atoms with Crippen LogP contribution < -0.4 is 11.5 Å². The summed E-state index contributed by atoms with van der Waals surface area (Å²) in [4.78, 5) is 50.6. The molecule has 0 unspecified atom stereocenters. The van der Waals surface area contributed by atoms with E-state index in [1.807, 2.05) is 24.3 Å². The monoisotopic (exact) mass is 450 g/mol. The summed E-state index contributed by atoms with van der Waals surface area (Å²) in [5.41, 5.74) is 13.1. The molecule has 0 saturated carbocycles. The number of hydrogen-bond donors (Lipinski definition) is 2. The van der Waals surface area contributed by atoms with Gasteiger partial charge in [0.25, 0.3) is 0 Å². The molecule has 4 N–H and O–H groups in total. The molecule has 178 valence electrons. The van der Waals surface area contributed by atoms with Crippen LogP contribution in [0.4, 0.5) is 0 Å². The highest BCUT2D eigenvalue weighted by molar-refractivity contribution is 5.82. The number of nitrogens with zero attached hydrogens (tertiary/aromatic N) is 2. The molecule has 1 aromatic carbocycles. The Balaban J connectivity index is 2.73. The molecule has 10 heteroatoms. The Bertz CT molecular complexity index is 690. The number of methoxy groups -OCH3 is 2. The van der Waals surface area contributed by atoms with Crippen molar-refractivity contribution in [2.75, 3.05) is 40.4 Å². The average Bonchev–Trinajstić information content (AvgIpc) is 2.80. The van der Waals surface area contributed by atoms with Crippen LogP contribution in [0.2, 0.25) is 0 Å². The van der Waals surface area contributed by atoms with Gasteiger partial charge in [0.05, 0.1) is 27.1 Å². The van der Waals surface area contributed by atoms with Crippen molar-refractivity contribution in [1.82, 2.24) is 9.80 Å². The van der Waals surface area contributed by atoms with Gasteiger partial charge < -0.3 is 30.7 Å². The molecule has 0 aliphatic rings. The quantitative estimate of drug-likeness (QED) is 0.382. The zero-order valence-corrected chi connectivity index (χ0v) is 18.9. The van der Waals surface area contributed by atoms with Crippen molar-refractivity contribution in [2.24, 2.45) is 11.5 Å². The summed E-state index contributed by atoms with van der Waals surface area (Å²) in [6.45, 7) is 2.10. The largest absolute Gasteiger partial charge is 0.469 e. The maximum Gasteiger partial charge on any atom is 0.306 e. The molecule has 0 radical (unpaired) electrons. The molecule has 0 aliphatic heterocycles. The Kier molecular flexibility index (Phi) is 12.6. The van der Waals surface area contributed by atoms with Crippen molar-refractivity contribution in [3.63, 3.8) is 0 Å². The second kappa shape index (κ2) is 14.9. The van der Waals surface area contributed by atoms with E-state index in [-0.39, 0.29) is 37.5 Å². The number of carbonyl (C=O) groups excluding carboxylic acids is 4. The summed E-state index contributed by atoms with van der Waals surface area (Å²) in [6, 6.07) is 7.52. The third kappa shape index (κ3) is 9.88. The molecule has 0 heterocycles. The third-order valence-corrected chi connectivity index (χ3v) is 4.81. The minimum atomic E-state index is -0.432. The van der Waals surface area contributed by atoms with E-state index in [4.69, 9.17) is 11.5 Å². The topological polar surface area (TPSA) is 145 Å². The van der Waals surface area contributed by atoms with Crippen LogP contribution in [0.1, 0.15) is 36.8 Å². The number of rotatable bonds is 14. The van der Waals surface area contributed by atoms with Crippen LogP contribution in [-0.2, 0) is 41.7 Å². The van der Waals surface area contributed by atoms with Gasteiger partial charge in [-0.05, 0) is 11.1 Å². The second-order valence-corrected chi connectivity index (χ2v) is 7.18. The minimum Gasteiger partial charge on any atom is -0.469 e. The normalized spacial score (nSPS) is 10.4. The van der Waals surface area contributed by atoms with Crippen molar-refractivity contribution in [3.05, 3.63) is 35.4 Å². The molecule has 0 bridgehead atoms. The van der Waals surface area contributed by atoms with Crippen molar-refractivity contribution < 1.29 is 28.7 Å². The first-order valence-corrected chi connectivity index (χ1v) is 10.5. The van der Waals surface area contributed by atoms with Gasteiger partial charge in [0.2, 0.25) is 11.8 Å². The third-order valence-electron chi connectivity index (χ3n) is 4.81. The molecule has 2 amide bonds. The van der Waals surface area contributed by atoms with Crippen LogP contribution in [0.3, 0.4) is 0 Å². The SMILES string of the molecule is COC(=O)CCC(=O)N(CCN)Cc1ccc(CN(CCN)C(=O)CCC(=O)OC)cc1. The lowest BCUT2D eigenvalue weighted by molar-refractivity contribution is -0.144. The van der Waals surface area contributed by atoms with Crippen molar-refractivity contribution in [3.8, 4) is 0 Å². The number of amides is 2. The van der Waals surface area contributed by atoms with Gasteiger partial charge in [-0.3, -0.25) is 19.2 Å². The fourth-order valence-corrected chi connectivity index (χ4v) is 3.02. The summed E-state index contributed by atoms with van der Waals surface area (Å²) < 4.78 is 9.15. The second-order valence-electron chi connectivity index (χ2n) is 7.18. The summed E-state index contributed by atoms with van der Waals surface area (Å²) in [6.07, 6.45) is 0.172. The lowest BCUT2D eigenvalue weighted by atomic mass is 10.1. The fraction of sp³-hybridized carbons (Fsp3) is 0.545. The minimum absolute atomic E-state index is 0.0241. The Labute approximate surface area is 188 Å². The van der Waals surface area contributed by atoms with E-state index in [1.54, 1.807) is 9.80 Å². The van der Waals surface area contributed by atoms with Gasteiger partial charge in [-0.1, -0.05) is 24.3 Å². The van der Waals surface area contributed by atoms with Gasteiger partial charge in [-0.25, -0.2) is 0 Å². The highest BCUT2D eigenvalue weighted by Crippen LogP contribution is 2.12. The smallest absolute Gasteiger partial charge is 0.306 e. The fourth-order valence-electron chi connectivity index (χ4n) is 3.02. The molecule has 10 nitrogen and oxygen atoms in total. The predicted molar refractivity (Wildman–Crippen MR) is 118 cm³/mol. The summed E-state index contributed by atoms with van der Waals surface area (Å²) >= 11 is 0. The van der Waals surface area contributed by atoms with Gasteiger partial charge in [-0.15, -0.1) is 0 Å². The van der Waals surface area contributed by atoms with E-state index >= 15 is 0 Å². The van der Waals surface area contributed by atoms with Gasteiger partial charge in [0.1, 0.15) is 0 Å².